The van der Waals surface area contributed by atoms with Crippen molar-refractivity contribution in [1.29, 1.82) is 0 Å². The lowest BCUT2D eigenvalue weighted by atomic mass is 10.3. The molecule has 0 heterocycles. The Balaban J connectivity index is 1.80. The first-order valence-corrected chi connectivity index (χ1v) is 8.04. The van der Waals surface area contributed by atoms with Gasteiger partial charge in [0.2, 0.25) is 11.8 Å². The summed E-state index contributed by atoms with van der Waals surface area (Å²) in [6.07, 6.45) is 2.41. The molecular formula is C17H25N3O3. The van der Waals surface area contributed by atoms with Crippen LogP contribution in [0.2, 0.25) is 0 Å². The molecule has 0 unspecified atom stereocenters. The van der Waals surface area contributed by atoms with E-state index in [-0.39, 0.29) is 24.9 Å². The highest BCUT2D eigenvalue weighted by atomic mass is 16.5. The highest BCUT2D eigenvalue weighted by molar-refractivity contribution is 5.94. The molecule has 0 aliphatic heterocycles. The number of benzene rings is 1. The number of hydrogen-bond acceptors (Lipinski definition) is 4. The summed E-state index contributed by atoms with van der Waals surface area (Å²) in [7, 11) is 1.56. The molecule has 1 aliphatic rings. The number of carbonyl (C=O) groups excluding carboxylic acids is 2. The minimum atomic E-state index is -0.161. The average molecular weight is 319 g/mol. The fourth-order valence-corrected chi connectivity index (χ4v) is 2.26. The number of amides is 2. The van der Waals surface area contributed by atoms with Gasteiger partial charge >= 0.3 is 0 Å². The number of carbonyl (C=O) groups is 2. The highest BCUT2D eigenvalue weighted by Gasteiger charge is 2.22. The molecule has 1 fully saturated rings. The molecule has 2 rings (SSSR count). The minimum Gasteiger partial charge on any atom is -0.495 e. The second-order valence-electron chi connectivity index (χ2n) is 5.80. The van der Waals surface area contributed by atoms with Gasteiger partial charge in [0, 0.05) is 6.54 Å². The normalized spacial score (nSPS) is 13.7. The molecule has 0 bridgehead atoms. The van der Waals surface area contributed by atoms with Gasteiger partial charge in [0.15, 0.2) is 0 Å². The summed E-state index contributed by atoms with van der Waals surface area (Å²) in [5, 5.41) is 5.74. The van der Waals surface area contributed by atoms with Crippen molar-refractivity contribution in [3.63, 3.8) is 0 Å². The molecule has 0 radical (unpaired) electrons. The Kier molecular flexibility index (Phi) is 6.40. The lowest BCUT2D eigenvalue weighted by Crippen LogP contribution is -2.41. The zero-order chi connectivity index (χ0) is 16.7. The van der Waals surface area contributed by atoms with Crippen molar-refractivity contribution < 1.29 is 14.3 Å². The van der Waals surface area contributed by atoms with E-state index in [9.17, 15) is 9.59 Å². The summed E-state index contributed by atoms with van der Waals surface area (Å²) in [4.78, 5) is 25.9. The first-order chi connectivity index (χ1) is 11.1. The first-order valence-electron chi connectivity index (χ1n) is 8.04. The first kappa shape index (κ1) is 17.3. The number of methoxy groups -OCH3 is 1. The molecule has 2 amide bonds. The molecular weight excluding hydrogens is 294 g/mol. The lowest BCUT2D eigenvalue weighted by molar-refractivity contribution is -0.123. The van der Waals surface area contributed by atoms with E-state index in [1.807, 2.05) is 24.0 Å². The second kappa shape index (κ2) is 8.53. The molecule has 126 valence electrons. The molecule has 0 atom stereocenters. The van der Waals surface area contributed by atoms with E-state index < -0.39 is 0 Å². The van der Waals surface area contributed by atoms with Crippen LogP contribution in [-0.2, 0) is 9.59 Å². The molecule has 6 nitrogen and oxygen atoms in total. The number of para-hydroxylation sites is 2. The third-order valence-electron chi connectivity index (χ3n) is 3.85. The quantitative estimate of drug-likeness (QED) is 0.723. The van der Waals surface area contributed by atoms with Crippen LogP contribution >= 0.6 is 0 Å². The Morgan fingerprint density at radius 3 is 2.57 bits per heavy atom. The summed E-state index contributed by atoms with van der Waals surface area (Å²) < 4.78 is 5.21. The summed E-state index contributed by atoms with van der Waals surface area (Å²) in [6, 6.07) is 7.26. The fourth-order valence-electron chi connectivity index (χ4n) is 2.26. The van der Waals surface area contributed by atoms with Gasteiger partial charge < -0.3 is 15.4 Å². The van der Waals surface area contributed by atoms with Gasteiger partial charge in [-0.2, -0.15) is 0 Å². The van der Waals surface area contributed by atoms with Crippen molar-refractivity contribution >= 4 is 17.5 Å². The van der Waals surface area contributed by atoms with Crippen LogP contribution in [0.25, 0.3) is 0 Å². The smallest absolute Gasteiger partial charge is 0.238 e. The molecule has 6 heteroatoms. The van der Waals surface area contributed by atoms with Crippen LogP contribution in [0.5, 0.6) is 5.75 Å². The van der Waals surface area contributed by atoms with Crippen molar-refractivity contribution in [3.05, 3.63) is 24.3 Å². The third-order valence-corrected chi connectivity index (χ3v) is 3.85. The maximum Gasteiger partial charge on any atom is 0.238 e. The van der Waals surface area contributed by atoms with E-state index in [2.05, 4.69) is 10.6 Å². The van der Waals surface area contributed by atoms with Crippen molar-refractivity contribution in [2.45, 2.75) is 19.8 Å². The Labute approximate surface area is 137 Å². The van der Waals surface area contributed by atoms with Crippen molar-refractivity contribution in [2.75, 3.05) is 38.6 Å². The number of likely N-dealkylation sites (N-methyl/N-ethyl adjacent to an activating group) is 1. The monoisotopic (exact) mass is 319 g/mol. The Morgan fingerprint density at radius 1 is 1.22 bits per heavy atom. The number of hydrogen-bond donors (Lipinski definition) is 2. The molecule has 1 aliphatic carbocycles. The van der Waals surface area contributed by atoms with E-state index in [4.69, 9.17) is 4.74 Å². The van der Waals surface area contributed by atoms with Crippen LogP contribution in [0.15, 0.2) is 24.3 Å². The molecule has 1 aromatic rings. The molecule has 1 saturated carbocycles. The SMILES string of the molecule is CCN(CC(=O)NCC1CC1)CC(=O)Nc1ccccc1OC. The summed E-state index contributed by atoms with van der Waals surface area (Å²) in [6.45, 7) is 3.73. The maximum absolute atomic E-state index is 12.2. The second-order valence-corrected chi connectivity index (χ2v) is 5.80. The molecule has 0 saturated heterocycles. The lowest BCUT2D eigenvalue weighted by Gasteiger charge is -2.19. The van der Waals surface area contributed by atoms with E-state index in [1.165, 1.54) is 12.8 Å². The van der Waals surface area contributed by atoms with E-state index in [0.29, 0.717) is 23.9 Å². The van der Waals surface area contributed by atoms with Gasteiger partial charge in [0.25, 0.3) is 0 Å². The summed E-state index contributed by atoms with van der Waals surface area (Å²) in [5.41, 5.74) is 0.634. The van der Waals surface area contributed by atoms with Gasteiger partial charge in [-0.25, -0.2) is 0 Å². The number of nitrogens with one attached hydrogen (secondary N) is 2. The molecule has 2 N–H and O–H groups in total. The Bertz CT molecular complexity index is 544. The Hall–Kier alpha value is -2.08. The highest BCUT2D eigenvalue weighted by Crippen LogP contribution is 2.27. The fraction of sp³-hybridized carbons (Fsp3) is 0.529. The van der Waals surface area contributed by atoms with Crippen LogP contribution in [0.1, 0.15) is 19.8 Å². The van der Waals surface area contributed by atoms with E-state index in [1.54, 1.807) is 19.2 Å². The van der Waals surface area contributed by atoms with Gasteiger partial charge in [-0.1, -0.05) is 19.1 Å². The van der Waals surface area contributed by atoms with Gasteiger partial charge in [0.1, 0.15) is 5.75 Å². The maximum atomic E-state index is 12.2. The van der Waals surface area contributed by atoms with E-state index >= 15 is 0 Å². The van der Waals surface area contributed by atoms with Gasteiger partial charge in [-0.05, 0) is 37.4 Å². The Morgan fingerprint density at radius 2 is 1.91 bits per heavy atom. The van der Waals surface area contributed by atoms with Crippen molar-refractivity contribution in [3.8, 4) is 5.75 Å². The molecule has 0 aromatic heterocycles. The standard InChI is InChI=1S/C17H25N3O3/c1-3-20(11-16(21)18-10-13-8-9-13)12-17(22)19-14-6-4-5-7-15(14)23-2/h4-7,13H,3,8-12H2,1-2H3,(H,18,21)(H,19,22). The zero-order valence-electron chi connectivity index (χ0n) is 13.8. The van der Waals surface area contributed by atoms with Crippen LogP contribution in [0.3, 0.4) is 0 Å². The van der Waals surface area contributed by atoms with Crippen LogP contribution < -0.4 is 15.4 Å². The number of rotatable bonds is 9. The van der Waals surface area contributed by atoms with Crippen molar-refractivity contribution in [1.82, 2.24) is 10.2 Å². The predicted molar refractivity (Wildman–Crippen MR) is 89.5 cm³/mol. The molecule has 0 spiro atoms. The minimum absolute atomic E-state index is 0.0242. The van der Waals surface area contributed by atoms with Crippen LogP contribution in [0.4, 0.5) is 5.69 Å². The number of nitrogens with zero attached hydrogens (tertiary/aromatic N) is 1. The average Bonchev–Trinajstić information content (AvgIpc) is 3.37. The van der Waals surface area contributed by atoms with E-state index in [0.717, 1.165) is 6.54 Å². The zero-order valence-corrected chi connectivity index (χ0v) is 13.8. The number of anilines is 1. The number of ether oxygens (including phenoxy) is 1. The van der Waals surface area contributed by atoms with Gasteiger partial charge in [0.05, 0.1) is 25.9 Å². The third kappa shape index (κ3) is 5.90. The summed E-state index contributed by atoms with van der Waals surface area (Å²) >= 11 is 0. The summed E-state index contributed by atoms with van der Waals surface area (Å²) in [5.74, 6) is 1.09. The molecule has 23 heavy (non-hydrogen) atoms. The van der Waals surface area contributed by atoms with Crippen molar-refractivity contribution in [2.24, 2.45) is 5.92 Å². The topological polar surface area (TPSA) is 70.7 Å². The largest absolute Gasteiger partial charge is 0.495 e. The molecule has 1 aromatic carbocycles. The van der Waals surface area contributed by atoms with Gasteiger partial charge in [-0.15, -0.1) is 0 Å². The predicted octanol–water partition coefficient (Wildman–Crippen LogP) is 1.48. The van der Waals surface area contributed by atoms with Gasteiger partial charge in [-0.3, -0.25) is 14.5 Å². The van der Waals surface area contributed by atoms with Crippen LogP contribution in [-0.4, -0.2) is 50.0 Å². The van der Waals surface area contributed by atoms with Crippen LogP contribution in [0, 0.1) is 5.92 Å².